The van der Waals surface area contributed by atoms with Crippen molar-refractivity contribution in [1.29, 1.82) is 0 Å². The Kier molecular flexibility index (Phi) is 6.86. The van der Waals surface area contributed by atoms with Crippen molar-refractivity contribution in [1.82, 2.24) is 15.5 Å². The van der Waals surface area contributed by atoms with Crippen molar-refractivity contribution in [2.24, 2.45) is 0 Å². The minimum atomic E-state index is 0.0331. The second kappa shape index (κ2) is 8.65. The Morgan fingerprint density at radius 2 is 2.18 bits per heavy atom. The molecule has 1 amide bonds. The van der Waals surface area contributed by atoms with Crippen LogP contribution in [0, 0.1) is 0 Å². The van der Waals surface area contributed by atoms with E-state index in [1.165, 1.54) is 0 Å². The molecule has 0 aliphatic carbocycles. The zero-order valence-electron chi connectivity index (χ0n) is 13.4. The maximum absolute atomic E-state index is 12.4. The fraction of sp³-hybridized carbons (Fsp3) is 0.588. The predicted octanol–water partition coefficient (Wildman–Crippen LogP) is 2.70. The first-order chi connectivity index (χ1) is 10.6. The van der Waals surface area contributed by atoms with Crippen molar-refractivity contribution in [3.63, 3.8) is 0 Å². The summed E-state index contributed by atoms with van der Waals surface area (Å²) in [5, 5.41) is 6.49. The number of benzene rings is 1. The highest BCUT2D eigenvalue weighted by atomic mass is 79.9. The quantitative estimate of drug-likeness (QED) is 0.778. The van der Waals surface area contributed by atoms with Gasteiger partial charge in [0.15, 0.2) is 0 Å². The molecule has 1 heterocycles. The van der Waals surface area contributed by atoms with E-state index in [0.717, 1.165) is 42.5 Å². The van der Waals surface area contributed by atoms with Crippen LogP contribution in [0.2, 0.25) is 0 Å². The Hall–Kier alpha value is -0.910. The summed E-state index contributed by atoms with van der Waals surface area (Å²) in [6.45, 7) is 7.71. The number of nitrogens with zero attached hydrogens (tertiary/aromatic N) is 1. The molecule has 0 saturated carbocycles. The Labute approximate surface area is 141 Å². The lowest BCUT2D eigenvalue weighted by molar-refractivity contribution is -0.123. The minimum Gasteiger partial charge on any atom is -0.348 e. The molecule has 1 fully saturated rings. The Balaban J connectivity index is 1.88. The summed E-state index contributed by atoms with van der Waals surface area (Å²) in [6, 6.07) is 8.62. The maximum Gasteiger partial charge on any atom is 0.234 e. The number of carbonyl (C=O) groups excluding carboxylic acids is 1. The van der Waals surface area contributed by atoms with E-state index in [0.29, 0.717) is 12.6 Å². The highest BCUT2D eigenvalue weighted by Crippen LogP contribution is 2.16. The fourth-order valence-corrected chi connectivity index (χ4v) is 3.20. The summed E-state index contributed by atoms with van der Waals surface area (Å²) in [6.07, 6.45) is 2.21. The van der Waals surface area contributed by atoms with Crippen molar-refractivity contribution in [2.45, 2.75) is 38.8 Å². The topological polar surface area (TPSA) is 44.4 Å². The summed E-state index contributed by atoms with van der Waals surface area (Å²) in [5.74, 6) is 0.107. The largest absolute Gasteiger partial charge is 0.348 e. The molecule has 2 N–H and O–H groups in total. The van der Waals surface area contributed by atoms with E-state index in [-0.39, 0.29) is 11.9 Å². The molecule has 1 saturated heterocycles. The highest BCUT2D eigenvalue weighted by Gasteiger charge is 2.23. The lowest BCUT2D eigenvalue weighted by Crippen LogP contribution is -2.44. The molecule has 0 aromatic heterocycles. The van der Waals surface area contributed by atoms with E-state index in [1.807, 2.05) is 31.2 Å². The molecule has 2 unspecified atom stereocenters. The van der Waals surface area contributed by atoms with Gasteiger partial charge in [0.25, 0.3) is 0 Å². The molecule has 0 bridgehead atoms. The summed E-state index contributed by atoms with van der Waals surface area (Å²) in [7, 11) is 0. The normalized spacial score (nSPS) is 19.4. The number of hydrogen-bond acceptors (Lipinski definition) is 3. The van der Waals surface area contributed by atoms with Crippen LogP contribution in [-0.2, 0) is 4.79 Å². The third-order valence-corrected chi connectivity index (χ3v) is 4.68. The molecule has 5 heteroatoms. The van der Waals surface area contributed by atoms with Crippen LogP contribution in [-0.4, -0.2) is 43.0 Å². The summed E-state index contributed by atoms with van der Waals surface area (Å²) in [5.41, 5.74) is 1.13. The van der Waals surface area contributed by atoms with E-state index in [9.17, 15) is 4.79 Å². The maximum atomic E-state index is 12.4. The van der Waals surface area contributed by atoms with Crippen LogP contribution in [0.4, 0.5) is 0 Å². The Morgan fingerprint density at radius 1 is 1.45 bits per heavy atom. The second-order valence-electron chi connectivity index (χ2n) is 5.96. The van der Waals surface area contributed by atoms with Gasteiger partial charge in [0, 0.05) is 17.1 Å². The van der Waals surface area contributed by atoms with Crippen molar-refractivity contribution in [3.8, 4) is 0 Å². The molecular weight excluding hydrogens is 342 g/mol. The zero-order valence-corrected chi connectivity index (χ0v) is 15.0. The van der Waals surface area contributed by atoms with Gasteiger partial charge in [-0.2, -0.15) is 0 Å². The second-order valence-corrected chi connectivity index (χ2v) is 6.87. The molecule has 2 atom stereocenters. The smallest absolute Gasteiger partial charge is 0.234 e. The molecular formula is C17H26BrN3O. The van der Waals surface area contributed by atoms with Gasteiger partial charge in [-0.1, -0.05) is 35.0 Å². The van der Waals surface area contributed by atoms with Gasteiger partial charge in [-0.3, -0.25) is 9.69 Å². The molecule has 4 nitrogen and oxygen atoms in total. The third-order valence-electron chi connectivity index (χ3n) is 4.16. The first-order valence-electron chi connectivity index (χ1n) is 8.09. The van der Waals surface area contributed by atoms with E-state index in [1.54, 1.807) is 0 Å². The first kappa shape index (κ1) is 17.4. The fourth-order valence-electron chi connectivity index (χ4n) is 2.94. The van der Waals surface area contributed by atoms with Crippen LogP contribution in [0.25, 0.3) is 0 Å². The van der Waals surface area contributed by atoms with Gasteiger partial charge in [-0.25, -0.2) is 0 Å². The number of carbonyl (C=O) groups is 1. The van der Waals surface area contributed by atoms with Crippen LogP contribution in [0.1, 0.15) is 38.3 Å². The van der Waals surface area contributed by atoms with Crippen molar-refractivity contribution in [3.05, 3.63) is 34.3 Å². The summed E-state index contributed by atoms with van der Waals surface area (Å²) in [4.78, 5) is 14.7. The van der Waals surface area contributed by atoms with E-state index in [2.05, 4.69) is 38.4 Å². The molecule has 1 aliphatic heterocycles. The predicted molar refractivity (Wildman–Crippen MR) is 93.8 cm³/mol. The number of rotatable bonds is 7. The summed E-state index contributed by atoms with van der Waals surface area (Å²) >= 11 is 3.43. The molecule has 1 aromatic carbocycles. The molecule has 0 spiro atoms. The lowest BCUT2D eigenvalue weighted by Gasteiger charge is -2.28. The number of hydrogen-bond donors (Lipinski definition) is 2. The van der Waals surface area contributed by atoms with E-state index in [4.69, 9.17) is 0 Å². The van der Waals surface area contributed by atoms with Crippen LogP contribution in [0.15, 0.2) is 28.7 Å². The van der Waals surface area contributed by atoms with Crippen LogP contribution < -0.4 is 10.6 Å². The number of halogens is 1. The van der Waals surface area contributed by atoms with Gasteiger partial charge in [-0.05, 0) is 50.6 Å². The SMILES string of the molecule is CCCN(CC(=O)NC(C)c1ccc(Br)cc1)C1CCNC1. The lowest BCUT2D eigenvalue weighted by atomic mass is 10.1. The van der Waals surface area contributed by atoms with Crippen LogP contribution >= 0.6 is 15.9 Å². The standard InChI is InChI=1S/C17H26BrN3O/c1-3-10-21(16-8-9-19-11-16)12-17(22)20-13(2)14-4-6-15(18)7-5-14/h4-7,13,16,19H,3,8-12H2,1-2H3,(H,20,22). The third kappa shape index (κ3) is 5.07. The average Bonchev–Trinajstić information content (AvgIpc) is 3.01. The Morgan fingerprint density at radius 3 is 2.77 bits per heavy atom. The van der Waals surface area contributed by atoms with Gasteiger partial charge in [-0.15, -0.1) is 0 Å². The first-order valence-corrected chi connectivity index (χ1v) is 8.89. The highest BCUT2D eigenvalue weighted by molar-refractivity contribution is 9.10. The van der Waals surface area contributed by atoms with Crippen LogP contribution in [0.3, 0.4) is 0 Å². The molecule has 0 radical (unpaired) electrons. The average molecular weight is 368 g/mol. The van der Waals surface area contributed by atoms with Gasteiger partial charge >= 0.3 is 0 Å². The van der Waals surface area contributed by atoms with Crippen molar-refractivity contribution < 1.29 is 4.79 Å². The van der Waals surface area contributed by atoms with Gasteiger partial charge < -0.3 is 10.6 Å². The van der Waals surface area contributed by atoms with Crippen molar-refractivity contribution in [2.75, 3.05) is 26.2 Å². The van der Waals surface area contributed by atoms with Crippen LogP contribution in [0.5, 0.6) is 0 Å². The number of nitrogens with one attached hydrogen (secondary N) is 2. The monoisotopic (exact) mass is 367 g/mol. The van der Waals surface area contributed by atoms with E-state index < -0.39 is 0 Å². The zero-order chi connectivity index (χ0) is 15.9. The van der Waals surface area contributed by atoms with Gasteiger partial charge in [0.1, 0.15) is 0 Å². The molecule has 22 heavy (non-hydrogen) atoms. The van der Waals surface area contributed by atoms with Crippen molar-refractivity contribution >= 4 is 21.8 Å². The van der Waals surface area contributed by atoms with E-state index >= 15 is 0 Å². The molecule has 1 aromatic rings. The Bertz CT molecular complexity index is 471. The molecule has 122 valence electrons. The molecule has 1 aliphatic rings. The summed E-state index contributed by atoms with van der Waals surface area (Å²) < 4.78 is 1.05. The minimum absolute atomic E-state index is 0.0331. The van der Waals surface area contributed by atoms with Gasteiger partial charge in [0.05, 0.1) is 12.6 Å². The number of amides is 1. The molecule has 2 rings (SSSR count). The van der Waals surface area contributed by atoms with Gasteiger partial charge in [0.2, 0.25) is 5.91 Å².